The van der Waals surface area contributed by atoms with E-state index in [0.29, 0.717) is 0 Å². The molecule has 0 spiro atoms. The summed E-state index contributed by atoms with van der Waals surface area (Å²) in [5.41, 5.74) is 6.60. The monoisotopic (exact) mass is 510 g/mol. The van der Waals surface area contributed by atoms with E-state index in [0.717, 1.165) is 30.5 Å². The largest absolute Gasteiger partial charge is 0.455 e. The van der Waals surface area contributed by atoms with Crippen molar-refractivity contribution in [2.24, 2.45) is 5.73 Å². The van der Waals surface area contributed by atoms with E-state index in [1.165, 1.54) is 18.3 Å². The third-order valence-electron chi connectivity index (χ3n) is 4.64. The molecule has 35 heavy (non-hydrogen) atoms. The topological polar surface area (TPSA) is 122 Å². The second-order valence-electron chi connectivity index (χ2n) is 6.91. The highest BCUT2D eigenvalue weighted by molar-refractivity contribution is 6.34. The number of pyridine rings is 2. The van der Waals surface area contributed by atoms with Gasteiger partial charge in [-0.3, -0.25) is 4.79 Å². The lowest BCUT2D eigenvalue weighted by molar-refractivity contribution is -0.143. The van der Waals surface area contributed by atoms with Gasteiger partial charge in [-0.2, -0.15) is 18.3 Å². The molecule has 3 heterocycles. The zero-order valence-corrected chi connectivity index (χ0v) is 17.9. The minimum absolute atomic E-state index is 0.0402. The van der Waals surface area contributed by atoms with E-state index in [-0.39, 0.29) is 27.0 Å². The quantitative estimate of drug-likeness (QED) is 0.374. The van der Waals surface area contributed by atoms with Crippen molar-refractivity contribution in [2.75, 3.05) is 5.73 Å². The zero-order valence-electron chi connectivity index (χ0n) is 17.1. The number of hydrogen-bond acceptors (Lipinski definition) is 6. The highest BCUT2D eigenvalue weighted by Gasteiger charge is 2.43. The van der Waals surface area contributed by atoms with Crippen molar-refractivity contribution in [3.05, 3.63) is 76.7 Å². The fourth-order valence-electron chi connectivity index (χ4n) is 3.19. The number of halogens is 6. The van der Waals surface area contributed by atoms with Crippen molar-refractivity contribution in [3.63, 3.8) is 0 Å². The first-order valence-electron chi connectivity index (χ1n) is 9.47. The Balaban J connectivity index is 1.88. The van der Waals surface area contributed by atoms with Gasteiger partial charge >= 0.3 is 6.18 Å². The van der Waals surface area contributed by atoms with Crippen LogP contribution in [0.15, 0.2) is 48.8 Å². The Hall–Kier alpha value is -4.26. The predicted octanol–water partition coefficient (Wildman–Crippen LogP) is 4.75. The summed E-state index contributed by atoms with van der Waals surface area (Å²) < 4.78 is 76.6. The number of benzene rings is 1. The number of alkyl halides is 3. The van der Waals surface area contributed by atoms with Crippen LogP contribution >= 0.6 is 11.6 Å². The van der Waals surface area contributed by atoms with Crippen molar-refractivity contribution in [3.8, 4) is 28.6 Å². The van der Waals surface area contributed by atoms with E-state index in [2.05, 4.69) is 15.1 Å². The van der Waals surface area contributed by atoms with Gasteiger partial charge in [-0.25, -0.2) is 23.4 Å². The van der Waals surface area contributed by atoms with Gasteiger partial charge in [-0.15, -0.1) is 0 Å². The predicted molar refractivity (Wildman–Crippen MR) is 114 cm³/mol. The number of nitrogen functional groups attached to an aromatic ring is 1. The lowest BCUT2D eigenvalue weighted by Crippen LogP contribution is -2.22. The van der Waals surface area contributed by atoms with E-state index in [4.69, 9.17) is 27.8 Å². The van der Waals surface area contributed by atoms with Crippen LogP contribution < -0.4 is 16.2 Å². The number of primary amides is 1. The van der Waals surface area contributed by atoms with Crippen LogP contribution in [0.25, 0.3) is 17.1 Å². The SMILES string of the molecule is NC(=O)c1c(-c2ccc(Oc3ccnc(N)c3Cl)cc2F)nn(-c2ncccc2F)c1C(F)(F)F. The molecule has 3 aromatic heterocycles. The number of nitrogens with two attached hydrogens (primary N) is 2. The van der Waals surface area contributed by atoms with Crippen LogP contribution in [0.5, 0.6) is 11.5 Å². The van der Waals surface area contributed by atoms with Crippen molar-refractivity contribution >= 4 is 23.3 Å². The first-order chi connectivity index (χ1) is 16.5. The molecule has 8 nitrogen and oxygen atoms in total. The van der Waals surface area contributed by atoms with Crippen LogP contribution in [0.1, 0.15) is 16.1 Å². The maximum atomic E-state index is 15.1. The Morgan fingerprint density at radius 3 is 2.43 bits per heavy atom. The Bertz CT molecular complexity index is 1460. The first kappa shape index (κ1) is 23.9. The molecule has 0 radical (unpaired) electrons. The average Bonchev–Trinajstić information content (AvgIpc) is 3.18. The van der Waals surface area contributed by atoms with Crippen molar-refractivity contribution in [1.82, 2.24) is 19.7 Å². The van der Waals surface area contributed by atoms with E-state index in [1.54, 1.807) is 0 Å². The summed E-state index contributed by atoms with van der Waals surface area (Å²) >= 11 is 5.99. The highest BCUT2D eigenvalue weighted by atomic mass is 35.5. The molecule has 0 saturated carbocycles. The molecule has 14 heteroatoms. The number of carbonyl (C=O) groups excluding carboxylic acids is 1. The van der Waals surface area contributed by atoms with Crippen LogP contribution in [0.3, 0.4) is 0 Å². The Morgan fingerprint density at radius 2 is 1.80 bits per heavy atom. The van der Waals surface area contributed by atoms with Gasteiger partial charge in [0.25, 0.3) is 5.91 Å². The fraction of sp³-hybridized carbons (Fsp3) is 0.0476. The van der Waals surface area contributed by atoms with Gasteiger partial charge in [0.15, 0.2) is 23.1 Å². The second-order valence-corrected chi connectivity index (χ2v) is 7.28. The van der Waals surface area contributed by atoms with Crippen LogP contribution in [-0.4, -0.2) is 25.7 Å². The molecule has 4 N–H and O–H groups in total. The summed E-state index contributed by atoms with van der Waals surface area (Å²) in [6.07, 6.45) is -2.91. The Labute approximate surface area is 197 Å². The van der Waals surface area contributed by atoms with Gasteiger partial charge in [0.2, 0.25) is 0 Å². The third kappa shape index (κ3) is 4.45. The Kier molecular flexibility index (Phi) is 6.03. The van der Waals surface area contributed by atoms with Gasteiger partial charge in [0.1, 0.15) is 28.1 Å². The normalized spacial score (nSPS) is 11.5. The highest BCUT2D eigenvalue weighted by Crippen LogP contribution is 2.40. The molecule has 180 valence electrons. The molecule has 0 bridgehead atoms. The van der Waals surface area contributed by atoms with Gasteiger partial charge in [0, 0.05) is 30.1 Å². The molecule has 0 saturated heterocycles. The van der Waals surface area contributed by atoms with Gasteiger partial charge in [0.05, 0.1) is 5.56 Å². The molecular formula is C21H12ClF5N6O2. The van der Waals surface area contributed by atoms with Crippen molar-refractivity contribution < 1.29 is 31.5 Å². The lowest BCUT2D eigenvalue weighted by Gasteiger charge is -2.11. The minimum Gasteiger partial charge on any atom is -0.455 e. The Morgan fingerprint density at radius 1 is 1.06 bits per heavy atom. The van der Waals surface area contributed by atoms with E-state index in [9.17, 15) is 22.4 Å². The van der Waals surface area contributed by atoms with Crippen LogP contribution in [-0.2, 0) is 6.18 Å². The number of nitrogens with zero attached hydrogens (tertiary/aromatic N) is 4. The molecule has 4 rings (SSSR count). The second kappa shape index (κ2) is 8.83. The molecule has 1 amide bonds. The summed E-state index contributed by atoms with van der Waals surface area (Å²) in [7, 11) is 0. The number of amides is 1. The zero-order chi connectivity index (χ0) is 25.5. The number of anilines is 1. The molecule has 0 aliphatic rings. The molecule has 0 aliphatic heterocycles. The lowest BCUT2D eigenvalue weighted by atomic mass is 10.0. The molecule has 4 aromatic rings. The maximum absolute atomic E-state index is 15.1. The number of rotatable bonds is 5. The van der Waals surface area contributed by atoms with Gasteiger partial charge in [-0.1, -0.05) is 11.6 Å². The van der Waals surface area contributed by atoms with Gasteiger partial charge in [-0.05, 0) is 24.3 Å². The molecule has 0 atom stereocenters. The van der Waals surface area contributed by atoms with Crippen LogP contribution in [0.4, 0.5) is 27.8 Å². The molecule has 0 aliphatic carbocycles. The van der Waals surface area contributed by atoms with E-state index < -0.39 is 52.1 Å². The summed E-state index contributed by atoms with van der Waals surface area (Å²) in [5, 5.41) is 3.62. The number of aromatic nitrogens is 4. The standard InChI is InChI=1S/C21H12ClF5N6O2/c22-15-13(5-7-30-18(15)28)35-9-3-4-10(12(24)8-9)16-14(19(29)34)17(21(25,26)27)33(32-16)20-11(23)2-1-6-31-20/h1-8H,(H2,28,30)(H2,29,34). The summed E-state index contributed by atoms with van der Waals surface area (Å²) in [4.78, 5) is 19.4. The smallest absolute Gasteiger partial charge is 0.434 e. The average molecular weight is 511 g/mol. The fourth-order valence-corrected chi connectivity index (χ4v) is 3.34. The number of ether oxygens (including phenoxy) is 1. The molecule has 1 aromatic carbocycles. The summed E-state index contributed by atoms with van der Waals surface area (Å²) in [5.74, 6) is -4.82. The van der Waals surface area contributed by atoms with E-state index >= 15 is 4.39 Å². The van der Waals surface area contributed by atoms with Crippen LogP contribution in [0.2, 0.25) is 5.02 Å². The van der Waals surface area contributed by atoms with E-state index in [1.807, 2.05) is 0 Å². The third-order valence-corrected chi connectivity index (χ3v) is 5.02. The molecular weight excluding hydrogens is 499 g/mol. The maximum Gasteiger partial charge on any atom is 0.434 e. The molecule has 0 fully saturated rings. The molecule has 0 unspecified atom stereocenters. The summed E-state index contributed by atoms with van der Waals surface area (Å²) in [6, 6.07) is 6.36. The van der Waals surface area contributed by atoms with Crippen molar-refractivity contribution in [1.29, 1.82) is 0 Å². The van der Waals surface area contributed by atoms with Crippen molar-refractivity contribution in [2.45, 2.75) is 6.18 Å². The number of carbonyl (C=O) groups is 1. The van der Waals surface area contributed by atoms with Crippen LogP contribution in [0, 0.1) is 11.6 Å². The van der Waals surface area contributed by atoms with Gasteiger partial charge < -0.3 is 16.2 Å². The first-order valence-corrected chi connectivity index (χ1v) is 9.85. The minimum atomic E-state index is -5.23. The number of hydrogen-bond donors (Lipinski definition) is 2. The summed E-state index contributed by atoms with van der Waals surface area (Å²) in [6.45, 7) is 0.